The highest BCUT2D eigenvalue weighted by Crippen LogP contribution is 2.39. The Morgan fingerprint density at radius 1 is 0.867 bits per heavy atom. The van der Waals surface area contributed by atoms with Crippen molar-refractivity contribution in [3.05, 3.63) is 46.5 Å². The van der Waals surface area contributed by atoms with Crippen molar-refractivity contribution in [2.24, 2.45) is 17.8 Å². The molecule has 2 saturated carbocycles. The van der Waals surface area contributed by atoms with Gasteiger partial charge in [0.05, 0.1) is 0 Å². The maximum absolute atomic E-state index is 13.7. The smallest absolute Gasteiger partial charge is 0.145 e. The van der Waals surface area contributed by atoms with E-state index in [0.29, 0.717) is 0 Å². The number of hydrogen-bond acceptors (Lipinski definition) is 0. The number of benzene rings is 1. The van der Waals surface area contributed by atoms with Gasteiger partial charge in [0, 0.05) is 0 Å². The Kier molecular flexibility index (Phi) is 9.68. The summed E-state index contributed by atoms with van der Waals surface area (Å²) in [4.78, 5) is 0. The molecule has 0 unspecified atom stereocenters. The SMILES string of the molecule is CCCCCC1CCC(/C=C/CCC2CCC(c3cc(F)c(Cl)c(F)c3)CC2)CC1. The average molecular weight is 437 g/mol. The van der Waals surface area contributed by atoms with Crippen molar-refractivity contribution in [3.8, 4) is 0 Å². The average Bonchev–Trinajstić information content (AvgIpc) is 2.76. The van der Waals surface area contributed by atoms with E-state index in [4.69, 9.17) is 11.6 Å². The molecule has 2 aliphatic rings. The van der Waals surface area contributed by atoms with Crippen LogP contribution in [0.2, 0.25) is 5.02 Å². The summed E-state index contributed by atoms with van der Waals surface area (Å²) in [5.41, 5.74) is 0.776. The lowest BCUT2D eigenvalue weighted by Crippen LogP contribution is -2.14. The third-order valence-corrected chi connectivity index (χ3v) is 7.94. The van der Waals surface area contributed by atoms with E-state index in [1.165, 1.54) is 76.3 Å². The van der Waals surface area contributed by atoms with E-state index in [9.17, 15) is 8.78 Å². The minimum absolute atomic E-state index is 0.269. The zero-order chi connectivity index (χ0) is 21.3. The van der Waals surface area contributed by atoms with Crippen LogP contribution in [0.5, 0.6) is 0 Å². The van der Waals surface area contributed by atoms with Gasteiger partial charge >= 0.3 is 0 Å². The van der Waals surface area contributed by atoms with E-state index in [2.05, 4.69) is 19.1 Å². The van der Waals surface area contributed by atoms with Crippen LogP contribution in [0.1, 0.15) is 108 Å². The van der Waals surface area contributed by atoms with Crippen LogP contribution in [0.25, 0.3) is 0 Å². The maximum atomic E-state index is 13.7. The lowest BCUT2D eigenvalue weighted by molar-refractivity contribution is 0.288. The molecule has 1 aromatic rings. The molecule has 168 valence electrons. The molecule has 0 N–H and O–H groups in total. The fourth-order valence-electron chi connectivity index (χ4n) is 5.57. The first kappa shape index (κ1) is 23.8. The van der Waals surface area contributed by atoms with E-state index in [0.717, 1.165) is 49.0 Å². The molecule has 0 atom stereocenters. The van der Waals surface area contributed by atoms with Gasteiger partial charge in [0.2, 0.25) is 0 Å². The lowest BCUT2D eigenvalue weighted by atomic mass is 9.77. The lowest BCUT2D eigenvalue weighted by Gasteiger charge is -2.29. The van der Waals surface area contributed by atoms with Crippen molar-refractivity contribution in [1.82, 2.24) is 0 Å². The molecule has 1 aromatic carbocycles. The van der Waals surface area contributed by atoms with Gasteiger partial charge < -0.3 is 0 Å². The van der Waals surface area contributed by atoms with Crippen molar-refractivity contribution in [2.75, 3.05) is 0 Å². The van der Waals surface area contributed by atoms with Gasteiger partial charge in [0.1, 0.15) is 16.7 Å². The van der Waals surface area contributed by atoms with E-state index in [1.807, 2.05) is 0 Å². The van der Waals surface area contributed by atoms with E-state index < -0.39 is 11.6 Å². The van der Waals surface area contributed by atoms with Gasteiger partial charge in [-0.3, -0.25) is 0 Å². The van der Waals surface area contributed by atoms with Gasteiger partial charge in [-0.25, -0.2) is 8.78 Å². The highest BCUT2D eigenvalue weighted by Gasteiger charge is 2.24. The molecular formula is C27H39ClF2. The zero-order valence-corrected chi connectivity index (χ0v) is 19.4. The molecule has 3 heteroatoms. The fourth-order valence-corrected chi connectivity index (χ4v) is 5.68. The van der Waals surface area contributed by atoms with Crippen LogP contribution in [0, 0.1) is 29.4 Å². The number of hydrogen-bond donors (Lipinski definition) is 0. The Hall–Kier alpha value is -0.890. The van der Waals surface area contributed by atoms with Crippen LogP contribution in [-0.4, -0.2) is 0 Å². The Bertz CT molecular complexity index is 644. The van der Waals surface area contributed by atoms with Crippen LogP contribution in [0.15, 0.2) is 24.3 Å². The van der Waals surface area contributed by atoms with Crippen LogP contribution in [-0.2, 0) is 0 Å². The second kappa shape index (κ2) is 12.2. The molecule has 0 nitrogen and oxygen atoms in total. The zero-order valence-electron chi connectivity index (χ0n) is 18.7. The number of halogens is 3. The quantitative estimate of drug-likeness (QED) is 0.205. The molecule has 2 aliphatic carbocycles. The van der Waals surface area contributed by atoms with Gasteiger partial charge in [0.25, 0.3) is 0 Å². The Balaban J connectivity index is 1.32. The largest absolute Gasteiger partial charge is 0.205 e. The summed E-state index contributed by atoms with van der Waals surface area (Å²) in [6, 6.07) is 2.86. The van der Waals surface area contributed by atoms with Gasteiger partial charge in [-0.2, -0.15) is 0 Å². The van der Waals surface area contributed by atoms with Crippen LogP contribution >= 0.6 is 11.6 Å². The minimum atomic E-state index is -0.631. The first-order chi connectivity index (χ1) is 14.6. The molecule has 0 heterocycles. The summed E-state index contributed by atoms with van der Waals surface area (Å²) in [6.45, 7) is 2.29. The highest BCUT2D eigenvalue weighted by atomic mass is 35.5. The maximum Gasteiger partial charge on any atom is 0.145 e. The summed E-state index contributed by atoms with van der Waals surface area (Å²) < 4.78 is 27.5. The van der Waals surface area contributed by atoms with Gasteiger partial charge in [-0.15, -0.1) is 0 Å². The molecule has 0 saturated heterocycles. The summed E-state index contributed by atoms with van der Waals surface area (Å²) >= 11 is 5.61. The van der Waals surface area contributed by atoms with Crippen molar-refractivity contribution in [3.63, 3.8) is 0 Å². The second-order valence-corrected chi connectivity index (χ2v) is 10.2. The topological polar surface area (TPSA) is 0 Å². The third-order valence-electron chi connectivity index (χ3n) is 7.58. The number of rotatable bonds is 9. The minimum Gasteiger partial charge on any atom is -0.205 e. The molecular weight excluding hydrogens is 398 g/mol. The van der Waals surface area contributed by atoms with E-state index in [-0.39, 0.29) is 10.9 Å². The highest BCUT2D eigenvalue weighted by molar-refractivity contribution is 6.30. The van der Waals surface area contributed by atoms with Crippen molar-refractivity contribution in [2.45, 2.75) is 103 Å². The normalized spacial score (nSPS) is 27.6. The number of unbranched alkanes of at least 4 members (excludes halogenated alkanes) is 2. The first-order valence-corrected chi connectivity index (χ1v) is 12.8. The fraction of sp³-hybridized carbons (Fsp3) is 0.704. The predicted octanol–water partition coefficient (Wildman–Crippen LogP) is 9.62. The van der Waals surface area contributed by atoms with E-state index >= 15 is 0 Å². The van der Waals surface area contributed by atoms with Crippen molar-refractivity contribution >= 4 is 11.6 Å². The molecule has 0 bridgehead atoms. The predicted molar refractivity (Wildman–Crippen MR) is 124 cm³/mol. The standard InChI is InChI=1S/C27H39ClF2/c1-2-3-4-7-20-10-12-21(13-11-20)8-5-6-9-22-14-16-23(17-15-22)24-18-25(29)27(28)26(30)19-24/h5,8,18-23H,2-4,6-7,9-17H2,1H3/b8-5+. The summed E-state index contributed by atoms with van der Waals surface area (Å²) in [5.74, 6) is 1.55. The summed E-state index contributed by atoms with van der Waals surface area (Å²) in [6.07, 6.45) is 22.9. The van der Waals surface area contributed by atoms with Crippen LogP contribution in [0.4, 0.5) is 8.78 Å². The van der Waals surface area contributed by atoms with Crippen molar-refractivity contribution < 1.29 is 8.78 Å². The van der Waals surface area contributed by atoms with E-state index in [1.54, 1.807) is 0 Å². The Morgan fingerprint density at radius 3 is 2.10 bits per heavy atom. The molecule has 0 spiro atoms. The summed E-state index contributed by atoms with van der Waals surface area (Å²) in [5, 5.41) is -0.385. The summed E-state index contributed by atoms with van der Waals surface area (Å²) in [7, 11) is 0. The van der Waals surface area contributed by atoms with Crippen LogP contribution in [0.3, 0.4) is 0 Å². The van der Waals surface area contributed by atoms with Gasteiger partial charge in [-0.05, 0) is 106 Å². The third kappa shape index (κ3) is 7.08. The molecule has 0 aromatic heterocycles. The first-order valence-electron chi connectivity index (χ1n) is 12.4. The van der Waals surface area contributed by atoms with Crippen molar-refractivity contribution in [1.29, 1.82) is 0 Å². The molecule has 0 radical (unpaired) electrons. The number of allylic oxidation sites excluding steroid dienone is 2. The Morgan fingerprint density at radius 2 is 1.47 bits per heavy atom. The molecule has 0 amide bonds. The van der Waals surface area contributed by atoms with Gasteiger partial charge in [0.15, 0.2) is 0 Å². The Labute approximate surface area is 187 Å². The second-order valence-electron chi connectivity index (χ2n) is 9.80. The van der Waals surface area contributed by atoms with Crippen LogP contribution < -0.4 is 0 Å². The molecule has 2 fully saturated rings. The van der Waals surface area contributed by atoms with Gasteiger partial charge in [-0.1, -0.05) is 56.4 Å². The molecule has 0 aliphatic heterocycles. The monoisotopic (exact) mass is 436 g/mol. The molecule has 3 rings (SSSR count). The molecule has 30 heavy (non-hydrogen) atoms.